The molecule has 3 nitrogen and oxygen atoms in total. The molecule has 0 aromatic heterocycles. The lowest BCUT2D eigenvalue weighted by atomic mass is 9.89. The molecule has 10 heavy (non-hydrogen) atoms. The van der Waals surface area contributed by atoms with Crippen LogP contribution in [0.5, 0.6) is 0 Å². The fraction of sp³-hybridized carbons (Fsp3) is 0.857. The Hall–Kier alpha value is -0.570. The number of carbonyl (C=O) groups excluding carboxylic acids is 1. The summed E-state index contributed by atoms with van der Waals surface area (Å²) in [5.74, 6) is 1.16. The van der Waals surface area contributed by atoms with Crippen molar-refractivity contribution in [2.75, 3.05) is 19.6 Å². The van der Waals surface area contributed by atoms with Gasteiger partial charge in [0.05, 0.1) is 0 Å². The Labute approximate surface area is 60.2 Å². The fourth-order valence-corrected chi connectivity index (χ4v) is 1.85. The third kappa shape index (κ3) is 0.814. The van der Waals surface area contributed by atoms with Crippen LogP contribution in [0.25, 0.3) is 0 Å². The number of nitrogens with one attached hydrogen (secondary N) is 2. The zero-order valence-electron chi connectivity index (χ0n) is 5.89. The summed E-state index contributed by atoms with van der Waals surface area (Å²) in [6.45, 7) is 2.91. The van der Waals surface area contributed by atoms with E-state index in [0.29, 0.717) is 11.8 Å². The van der Waals surface area contributed by atoms with Crippen molar-refractivity contribution in [1.82, 2.24) is 10.6 Å². The second-order valence-corrected chi connectivity index (χ2v) is 3.10. The van der Waals surface area contributed by atoms with Crippen LogP contribution in [0.1, 0.15) is 6.42 Å². The van der Waals surface area contributed by atoms with Crippen LogP contribution in [-0.4, -0.2) is 25.5 Å². The first-order valence-electron chi connectivity index (χ1n) is 3.86. The minimum Gasteiger partial charge on any atom is -0.355 e. The van der Waals surface area contributed by atoms with Gasteiger partial charge in [0.2, 0.25) is 5.91 Å². The van der Waals surface area contributed by atoms with Crippen LogP contribution in [-0.2, 0) is 4.79 Å². The van der Waals surface area contributed by atoms with Crippen molar-refractivity contribution in [2.24, 2.45) is 11.8 Å². The van der Waals surface area contributed by atoms with Crippen LogP contribution in [0.15, 0.2) is 0 Å². The van der Waals surface area contributed by atoms with E-state index in [0.717, 1.165) is 26.1 Å². The normalized spacial score (nSPS) is 39.0. The highest BCUT2D eigenvalue weighted by Crippen LogP contribution is 2.22. The van der Waals surface area contributed by atoms with E-state index in [1.807, 2.05) is 0 Å². The van der Waals surface area contributed by atoms with E-state index >= 15 is 0 Å². The van der Waals surface area contributed by atoms with E-state index in [2.05, 4.69) is 10.6 Å². The first kappa shape index (κ1) is 6.16. The molecule has 0 aromatic rings. The molecule has 2 atom stereocenters. The Kier molecular flexibility index (Phi) is 1.38. The number of piperidine rings is 1. The lowest BCUT2D eigenvalue weighted by molar-refractivity contribution is -0.123. The van der Waals surface area contributed by atoms with Crippen molar-refractivity contribution in [3.63, 3.8) is 0 Å². The molecule has 0 spiro atoms. The molecule has 1 amide bonds. The molecule has 0 aromatic carbocycles. The molecule has 0 radical (unpaired) electrons. The van der Waals surface area contributed by atoms with Crippen molar-refractivity contribution >= 4 is 5.91 Å². The van der Waals surface area contributed by atoms with Crippen molar-refractivity contribution in [1.29, 1.82) is 0 Å². The van der Waals surface area contributed by atoms with Crippen LogP contribution >= 0.6 is 0 Å². The summed E-state index contributed by atoms with van der Waals surface area (Å²) < 4.78 is 0. The lowest BCUT2D eigenvalue weighted by Crippen LogP contribution is -2.36. The van der Waals surface area contributed by atoms with E-state index in [9.17, 15) is 4.79 Å². The van der Waals surface area contributed by atoms with Gasteiger partial charge in [-0.15, -0.1) is 0 Å². The van der Waals surface area contributed by atoms with Gasteiger partial charge in [-0.3, -0.25) is 4.79 Å². The Morgan fingerprint density at radius 3 is 3.10 bits per heavy atom. The third-order valence-corrected chi connectivity index (χ3v) is 2.48. The van der Waals surface area contributed by atoms with Gasteiger partial charge in [0.25, 0.3) is 0 Å². The highest BCUT2D eigenvalue weighted by Gasteiger charge is 2.35. The van der Waals surface area contributed by atoms with E-state index in [1.54, 1.807) is 0 Å². The topological polar surface area (TPSA) is 41.1 Å². The van der Waals surface area contributed by atoms with E-state index in [1.165, 1.54) is 0 Å². The molecule has 2 aliphatic heterocycles. The molecule has 2 saturated heterocycles. The summed E-state index contributed by atoms with van der Waals surface area (Å²) in [7, 11) is 0. The van der Waals surface area contributed by atoms with Gasteiger partial charge in [-0.05, 0) is 13.0 Å². The van der Waals surface area contributed by atoms with Gasteiger partial charge in [0.15, 0.2) is 0 Å². The number of hydrogen-bond acceptors (Lipinski definition) is 2. The zero-order chi connectivity index (χ0) is 6.97. The minimum absolute atomic E-state index is 0.270. The van der Waals surface area contributed by atoms with Crippen molar-refractivity contribution in [2.45, 2.75) is 6.42 Å². The Bertz CT molecular complexity index is 158. The summed E-state index contributed by atoms with van der Waals surface area (Å²) in [6.07, 6.45) is 1.02. The van der Waals surface area contributed by atoms with E-state index in [-0.39, 0.29) is 5.91 Å². The number of rotatable bonds is 0. The first-order chi connectivity index (χ1) is 4.88. The van der Waals surface area contributed by atoms with Gasteiger partial charge < -0.3 is 10.6 Å². The van der Waals surface area contributed by atoms with Crippen molar-refractivity contribution < 1.29 is 4.79 Å². The maximum Gasteiger partial charge on any atom is 0.223 e. The van der Waals surface area contributed by atoms with Gasteiger partial charge >= 0.3 is 0 Å². The Morgan fingerprint density at radius 1 is 1.40 bits per heavy atom. The zero-order valence-corrected chi connectivity index (χ0v) is 5.89. The molecule has 3 heteroatoms. The lowest BCUT2D eigenvalue weighted by Gasteiger charge is -2.22. The molecule has 2 fully saturated rings. The van der Waals surface area contributed by atoms with Gasteiger partial charge in [-0.25, -0.2) is 0 Å². The smallest absolute Gasteiger partial charge is 0.223 e. The van der Waals surface area contributed by atoms with Crippen molar-refractivity contribution in [3.05, 3.63) is 0 Å². The summed E-state index contributed by atoms with van der Waals surface area (Å²) in [6, 6.07) is 0. The summed E-state index contributed by atoms with van der Waals surface area (Å²) >= 11 is 0. The fourth-order valence-electron chi connectivity index (χ4n) is 1.85. The molecule has 2 aliphatic rings. The molecule has 2 heterocycles. The number of fused-ring (bicyclic) bond motifs is 1. The second kappa shape index (κ2) is 2.23. The molecule has 2 rings (SSSR count). The minimum atomic E-state index is 0.270. The summed E-state index contributed by atoms with van der Waals surface area (Å²) in [5.41, 5.74) is 0. The van der Waals surface area contributed by atoms with Crippen LogP contribution < -0.4 is 10.6 Å². The highest BCUT2D eigenvalue weighted by atomic mass is 16.2. The monoisotopic (exact) mass is 140 g/mol. The van der Waals surface area contributed by atoms with E-state index < -0.39 is 0 Å². The Morgan fingerprint density at radius 2 is 2.30 bits per heavy atom. The van der Waals surface area contributed by atoms with Gasteiger partial charge in [-0.1, -0.05) is 0 Å². The Balaban J connectivity index is 2.08. The molecule has 0 aliphatic carbocycles. The standard InChI is InChI=1S/C7H12N2O/c10-7-6-1-2-8-3-5(6)4-9-7/h5-6,8H,1-4H2,(H,9,10)/t5?,6-/m1/s1. The molecular weight excluding hydrogens is 128 g/mol. The van der Waals surface area contributed by atoms with Gasteiger partial charge in [0.1, 0.15) is 0 Å². The average molecular weight is 140 g/mol. The first-order valence-corrected chi connectivity index (χ1v) is 3.86. The average Bonchev–Trinajstić information content (AvgIpc) is 2.34. The van der Waals surface area contributed by atoms with Crippen LogP contribution in [0.4, 0.5) is 0 Å². The second-order valence-electron chi connectivity index (χ2n) is 3.10. The van der Waals surface area contributed by atoms with Gasteiger partial charge in [0, 0.05) is 24.9 Å². The molecule has 56 valence electrons. The van der Waals surface area contributed by atoms with Crippen LogP contribution in [0, 0.1) is 11.8 Å². The maximum atomic E-state index is 11.1. The van der Waals surface area contributed by atoms with Crippen molar-refractivity contribution in [3.8, 4) is 0 Å². The summed E-state index contributed by atoms with van der Waals surface area (Å²) in [4.78, 5) is 11.1. The van der Waals surface area contributed by atoms with E-state index in [4.69, 9.17) is 0 Å². The predicted octanol–water partition coefficient (Wildman–Crippen LogP) is -0.658. The van der Waals surface area contributed by atoms with Crippen LogP contribution in [0.3, 0.4) is 0 Å². The quantitative estimate of drug-likeness (QED) is 0.469. The number of carbonyl (C=O) groups is 1. The largest absolute Gasteiger partial charge is 0.355 e. The number of amides is 1. The SMILES string of the molecule is O=C1NCC2CNCC[C@@H]12. The maximum absolute atomic E-state index is 11.1. The summed E-state index contributed by atoms with van der Waals surface area (Å²) in [5, 5.41) is 6.17. The molecule has 0 bridgehead atoms. The third-order valence-electron chi connectivity index (χ3n) is 2.48. The van der Waals surface area contributed by atoms with Gasteiger partial charge in [-0.2, -0.15) is 0 Å². The number of hydrogen-bond donors (Lipinski definition) is 2. The molecule has 2 N–H and O–H groups in total. The molecular formula is C7H12N2O. The molecule has 0 saturated carbocycles. The van der Waals surface area contributed by atoms with Crippen LogP contribution in [0.2, 0.25) is 0 Å². The molecule has 1 unspecified atom stereocenters. The predicted molar refractivity (Wildman–Crippen MR) is 37.5 cm³/mol. The highest BCUT2D eigenvalue weighted by molar-refractivity contribution is 5.81.